The minimum absolute atomic E-state index is 0.0114. The monoisotopic (exact) mass is 711 g/mol. The number of rotatable bonds is 9. The third-order valence-electron chi connectivity index (χ3n) is 4.34. The maximum absolute atomic E-state index is 5.16. The van der Waals surface area contributed by atoms with Crippen molar-refractivity contribution in [2.45, 2.75) is 0 Å². The summed E-state index contributed by atoms with van der Waals surface area (Å²) in [5.74, 6) is -0.133. The Morgan fingerprint density at radius 2 is 0.583 bits per heavy atom. The summed E-state index contributed by atoms with van der Waals surface area (Å²) in [5, 5.41) is 32.8. The molecule has 0 aliphatic rings. The van der Waals surface area contributed by atoms with E-state index in [1.165, 1.54) is 0 Å². The van der Waals surface area contributed by atoms with Crippen molar-refractivity contribution >= 4 is 104 Å². The van der Waals surface area contributed by atoms with Gasteiger partial charge in [-0.05, 0) is 109 Å². The molecule has 0 spiro atoms. The highest BCUT2D eigenvalue weighted by molar-refractivity contribution is 7.80. The molecule has 0 aromatic heterocycles. The summed E-state index contributed by atoms with van der Waals surface area (Å²) in [6, 6.07) is 20.7. The minimum atomic E-state index is -0.0442. The van der Waals surface area contributed by atoms with Gasteiger partial charge in [0, 0.05) is 0 Å². The van der Waals surface area contributed by atoms with E-state index in [0.29, 0.717) is 17.1 Å². The number of azo groups is 3. The first-order valence-electron chi connectivity index (χ1n) is 12.7. The Hall–Kier alpha value is -6.66. The maximum atomic E-state index is 5.16. The molecule has 0 amide bonds. The molecular weight excluding hydrogens is 679 g/mol. The van der Waals surface area contributed by atoms with Crippen LogP contribution in [-0.4, -0.2) is 33.2 Å². The van der Waals surface area contributed by atoms with Crippen LogP contribution in [0, 0.1) is 0 Å². The lowest BCUT2D eigenvalue weighted by atomic mass is 10.3. The SMILES string of the molecule is NC(=S)N=Nc1ccc(NN=C(N)N)cc1.NC(=S)N=Nc1ccc(NN=C(N)N)cc1.NC(=S)N=Nc1ccc(NN=C(N)N)cc1. The molecule has 0 radical (unpaired) electrons. The Morgan fingerprint density at radius 1 is 0.375 bits per heavy atom. The highest BCUT2D eigenvalue weighted by Crippen LogP contribution is 2.18. The summed E-state index contributed by atoms with van der Waals surface area (Å²) in [7, 11) is 0. The summed E-state index contributed by atoms with van der Waals surface area (Å²) in [6.45, 7) is 0. The molecule has 21 N–H and O–H groups in total. The Bertz CT molecular complexity index is 1450. The molecule has 0 atom stereocenters. The largest absolute Gasteiger partial charge is 0.373 e. The number of thiocarbonyl (C=S) groups is 3. The summed E-state index contributed by atoms with van der Waals surface area (Å²) in [5.41, 5.74) is 58.4. The normalized spacial score (nSPS) is 10.0. The summed E-state index contributed by atoms with van der Waals surface area (Å²) in [6.07, 6.45) is 0. The van der Waals surface area contributed by atoms with E-state index in [1.54, 1.807) is 72.8 Å². The predicted octanol–water partition coefficient (Wildman–Crippen LogP) is 1.84. The van der Waals surface area contributed by atoms with Gasteiger partial charge in [-0.15, -0.1) is 46.0 Å². The quantitative estimate of drug-likeness (QED) is 0.0495. The second-order valence-corrected chi connectivity index (χ2v) is 9.46. The number of hydrogen-bond acceptors (Lipinski definition) is 12. The van der Waals surface area contributed by atoms with Crippen LogP contribution in [0.15, 0.2) is 119 Å². The number of anilines is 3. The van der Waals surface area contributed by atoms with Gasteiger partial charge in [0.25, 0.3) is 0 Å². The highest BCUT2D eigenvalue weighted by atomic mass is 32.1. The number of hydrazone groups is 3. The molecule has 48 heavy (non-hydrogen) atoms. The van der Waals surface area contributed by atoms with Gasteiger partial charge in [-0.3, -0.25) is 16.3 Å². The number of guanidine groups is 3. The van der Waals surface area contributed by atoms with Gasteiger partial charge in [0.1, 0.15) is 0 Å². The molecular formula is C24H33N21S3. The van der Waals surface area contributed by atoms with Crippen LogP contribution >= 0.6 is 36.7 Å². The van der Waals surface area contributed by atoms with Crippen molar-refractivity contribution in [2.75, 3.05) is 16.3 Å². The van der Waals surface area contributed by atoms with Crippen LogP contribution in [0.25, 0.3) is 0 Å². The van der Waals surface area contributed by atoms with Gasteiger partial charge in [-0.25, -0.2) is 0 Å². The second kappa shape index (κ2) is 21.9. The van der Waals surface area contributed by atoms with Crippen LogP contribution in [0.1, 0.15) is 0 Å². The van der Waals surface area contributed by atoms with Crippen molar-refractivity contribution in [3.63, 3.8) is 0 Å². The van der Waals surface area contributed by atoms with E-state index < -0.39 is 0 Å². The molecule has 3 aromatic rings. The zero-order valence-corrected chi connectivity index (χ0v) is 27.3. The molecule has 0 unspecified atom stereocenters. The lowest BCUT2D eigenvalue weighted by Crippen LogP contribution is -2.23. The second-order valence-electron chi connectivity index (χ2n) is 8.20. The van der Waals surface area contributed by atoms with Gasteiger partial charge in [-0.1, -0.05) is 0 Å². The number of benzene rings is 3. The number of nitrogens with one attached hydrogen (secondary N) is 3. The topological polar surface area (TPSA) is 382 Å². The summed E-state index contributed by atoms with van der Waals surface area (Å²) in [4.78, 5) is 0. The van der Waals surface area contributed by atoms with E-state index in [4.69, 9.17) is 51.6 Å². The van der Waals surface area contributed by atoms with E-state index >= 15 is 0 Å². The van der Waals surface area contributed by atoms with E-state index in [1.807, 2.05) is 0 Å². The highest BCUT2D eigenvalue weighted by Gasteiger charge is 1.94. The Balaban J connectivity index is 0.000000360. The molecule has 0 saturated heterocycles. The minimum Gasteiger partial charge on any atom is -0.373 e. The first-order chi connectivity index (χ1) is 22.7. The lowest BCUT2D eigenvalue weighted by molar-refractivity contribution is 1.26. The molecule has 252 valence electrons. The molecule has 24 heteroatoms. The maximum Gasteiger partial charge on any atom is 0.211 e. The van der Waals surface area contributed by atoms with Crippen LogP contribution < -0.4 is 67.9 Å². The van der Waals surface area contributed by atoms with E-state index in [0.717, 1.165) is 17.1 Å². The lowest BCUT2D eigenvalue weighted by Gasteiger charge is -2.00. The van der Waals surface area contributed by atoms with Crippen molar-refractivity contribution in [3.05, 3.63) is 72.8 Å². The van der Waals surface area contributed by atoms with Gasteiger partial charge in [0.2, 0.25) is 33.2 Å². The number of nitrogens with two attached hydrogens (primary N) is 9. The Morgan fingerprint density at radius 3 is 0.750 bits per heavy atom. The molecule has 0 saturated carbocycles. The smallest absolute Gasteiger partial charge is 0.211 e. The van der Waals surface area contributed by atoms with E-state index in [2.05, 4.69) is 98.9 Å². The van der Waals surface area contributed by atoms with Crippen LogP contribution in [0.3, 0.4) is 0 Å². The Kier molecular flexibility index (Phi) is 18.0. The molecule has 0 heterocycles. The molecule has 3 rings (SSSR count). The fourth-order valence-corrected chi connectivity index (χ4v) is 2.64. The molecule has 21 nitrogen and oxygen atoms in total. The van der Waals surface area contributed by atoms with E-state index in [9.17, 15) is 0 Å². The van der Waals surface area contributed by atoms with Crippen molar-refractivity contribution in [2.24, 2.45) is 97.6 Å². The van der Waals surface area contributed by atoms with Crippen molar-refractivity contribution < 1.29 is 0 Å². The van der Waals surface area contributed by atoms with Crippen LogP contribution in [0.5, 0.6) is 0 Å². The van der Waals surface area contributed by atoms with Gasteiger partial charge >= 0.3 is 0 Å². The first-order valence-corrected chi connectivity index (χ1v) is 13.9. The fourth-order valence-electron chi connectivity index (χ4n) is 2.52. The average molecular weight is 712 g/mol. The third-order valence-corrected chi connectivity index (χ3v) is 4.58. The molecule has 0 aliphatic carbocycles. The predicted molar refractivity (Wildman–Crippen MR) is 202 cm³/mol. The van der Waals surface area contributed by atoms with Crippen LogP contribution in [0.4, 0.5) is 34.1 Å². The van der Waals surface area contributed by atoms with Crippen molar-refractivity contribution in [1.29, 1.82) is 0 Å². The van der Waals surface area contributed by atoms with Gasteiger partial charge in [-0.2, -0.15) is 0 Å². The molecule has 0 aliphatic heterocycles. The zero-order valence-electron chi connectivity index (χ0n) is 24.9. The van der Waals surface area contributed by atoms with E-state index in [-0.39, 0.29) is 33.2 Å². The van der Waals surface area contributed by atoms with Crippen molar-refractivity contribution in [1.82, 2.24) is 0 Å². The first kappa shape index (κ1) is 39.4. The molecule has 3 aromatic carbocycles. The molecule has 0 bridgehead atoms. The summed E-state index contributed by atoms with van der Waals surface area (Å²) < 4.78 is 0. The Labute approximate surface area is 289 Å². The number of hydrogen-bond donors (Lipinski definition) is 12. The standard InChI is InChI=1S/3C8H11N7S/c3*9-7(10)14-12-5-1-3-6(4-2-5)13-15-8(11)16/h3*1-4,12H,(H2,11,16)(H4,9,10,14). The van der Waals surface area contributed by atoms with Crippen LogP contribution in [0.2, 0.25) is 0 Å². The van der Waals surface area contributed by atoms with Crippen LogP contribution in [-0.2, 0) is 0 Å². The van der Waals surface area contributed by atoms with Crippen molar-refractivity contribution in [3.8, 4) is 0 Å². The number of nitrogens with zero attached hydrogens (tertiary/aromatic N) is 9. The average Bonchev–Trinajstić information content (AvgIpc) is 3.04. The van der Waals surface area contributed by atoms with Gasteiger partial charge in [0.15, 0.2) is 0 Å². The van der Waals surface area contributed by atoms with Gasteiger partial charge < -0.3 is 51.6 Å². The van der Waals surface area contributed by atoms with Gasteiger partial charge in [0.05, 0.1) is 34.1 Å². The summed E-state index contributed by atoms with van der Waals surface area (Å²) >= 11 is 13.7. The third kappa shape index (κ3) is 20.3. The fraction of sp³-hybridized carbons (Fsp3) is 0. The molecule has 0 fully saturated rings. The zero-order chi connectivity index (χ0) is 35.9.